The van der Waals surface area contributed by atoms with E-state index in [1.54, 1.807) is 30.0 Å². The molecule has 1 heterocycles. The standard InChI is InChI=1S/C22H17BrN2O3S/c23-15-5-9-17(10-6-15)29-18-11-7-16(8-12-18)24-21(26)13-14-25-19-3-1-2-4-20(19)28-22(25)27/h1-12H,13-14H2,(H,24,26). The molecule has 29 heavy (non-hydrogen) atoms. The Bertz CT molecular complexity index is 1200. The van der Waals surface area contributed by atoms with Crippen molar-refractivity contribution in [2.75, 3.05) is 5.32 Å². The Labute approximate surface area is 179 Å². The number of anilines is 1. The molecule has 0 bridgehead atoms. The lowest BCUT2D eigenvalue weighted by molar-refractivity contribution is -0.116. The Morgan fingerprint density at radius 2 is 1.62 bits per heavy atom. The molecule has 0 saturated carbocycles. The number of amides is 1. The molecule has 4 aromatic rings. The molecule has 0 fully saturated rings. The van der Waals surface area contributed by atoms with E-state index in [2.05, 4.69) is 21.2 Å². The molecule has 0 radical (unpaired) electrons. The van der Waals surface area contributed by atoms with E-state index in [0.29, 0.717) is 11.1 Å². The van der Waals surface area contributed by atoms with Crippen molar-refractivity contribution in [1.82, 2.24) is 4.57 Å². The molecule has 1 aromatic heterocycles. The number of aryl methyl sites for hydroxylation is 1. The van der Waals surface area contributed by atoms with Crippen LogP contribution >= 0.6 is 27.7 Å². The second-order valence-corrected chi connectivity index (χ2v) is 8.43. The molecule has 0 aliphatic carbocycles. The Morgan fingerprint density at radius 1 is 0.966 bits per heavy atom. The smallest absolute Gasteiger partial charge is 0.408 e. The van der Waals surface area contributed by atoms with Crippen molar-refractivity contribution in [3.63, 3.8) is 0 Å². The van der Waals surface area contributed by atoms with Crippen molar-refractivity contribution in [1.29, 1.82) is 0 Å². The fourth-order valence-corrected chi connectivity index (χ4v) is 3.99. The quantitative estimate of drug-likeness (QED) is 0.403. The highest BCUT2D eigenvalue weighted by Gasteiger charge is 2.10. The van der Waals surface area contributed by atoms with E-state index in [0.717, 1.165) is 20.0 Å². The molecule has 0 unspecified atom stereocenters. The summed E-state index contributed by atoms with van der Waals surface area (Å²) in [6.07, 6.45) is 0.179. The maximum Gasteiger partial charge on any atom is 0.419 e. The lowest BCUT2D eigenvalue weighted by Gasteiger charge is -2.07. The van der Waals surface area contributed by atoms with Crippen molar-refractivity contribution in [3.05, 3.63) is 87.8 Å². The van der Waals surface area contributed by atoms with E-state index >= 15 is 0 Å². The number of aromatic nitrogens is 1. The summed E-state index contributed by atoms with van der Waals surface area (Å²) in [5, 5.41) is 2.87. The first-order chi connectivity index (χ1) is 14.1. The third-order valence-corrected chi connectivity index (χ3v) is 5.87. The van der Waals surface area contributed by atoms with Gasteiger partial charge in [0.1, 0.15) is 0 Å². The Kier molecular flexibility index (Phi) is 5.87. The number of nitrogens with one attached hydrogen (secondary N) is 1. The molecule has 0 aliphatic heterocycles. The fraction of sp³-hybridized carbons (Fsp3) is 0.0909. The zero-order valence-corrected chi connectivity index (χ0v) is 17.7. The largest absolute Gasteiger partial charge is 0.419 e. The number of nitrogens with zero attached hydrogens (tertiary/aromatic N) is 1. The molecule has 0 spiro atoms. The maximum atomic E-state index is 12.3. The third-order valence-electron chi connectivity index (χ3n) is 4.32. The van der Waals surface area contributed by atoms with Crippen LogP contribution in [0.4, 0.5) is 5.69 Å². The molecule has 5 nitrogen and oxygen atoms in total. The first-order valence-electron chi connectivity index (χ1n) is 9.00. The number of rotatable bonds is 6. The number of benzene rings is 3. The van der Waals surface area contributed by atoms with Gasteiger partial charge in [0.25, 0.3) is 0 Å². The van der Waals surface area contributed by atoms with E-state index in [9.17, 15) is 9.59 Å². The Hall–Kier alpha value is -2.77. The summed E-state index contributed by atoms with van der Waals surface area (Å²) >= 11 is 5.08. The number of fused-ring (bicyclic) bond motifs is 1. The van der Waals surface area contributed by atoms with Crippen LogP contribution in [0.5, 0.6) is 0 Å². The minimum absolute atomic E-state index is 0.157. The van der Waals surface area contributed by atoms with Crippen LogP contribution in [0.3, 0.4) is 0 Å². The minimum Gasteiger partial charge on any atom is -0.408 e. The molecule has 1 amide bonds. The van der Waals surface area contributed by atoms with Crippen LogP contribution in [-0.4, -0.2) is 10.5 Å². The predicted octanol–water partition coefficient (Wildman–Crippen LogP) is 5.54. The lowest BCUT2D eigenvalue weighted by atomic mass is 10.3. The second-order valence-electron chi connectivity index (χ2n) is 6.37. The highest BCUT2D eigenvalue weighted by Crippen LogP contribution is 2.29. The summed E-state index contributed by atoms with van der Waals surface area (Å²) in [5.74, 6) is -0.608. The van der Waals surface area contributed by atoms with Gasteiger partial charge in [-0.05, 0) is 60.7 Å². The summed E-state index contributed by atoms with van der Waals surface area (Å²) in [6, 6.07) is 23.0. The van der Waals surface area contributed by atoms with Crippen molar-refractivity contribution >= 4 is 50.4 Å². The van der Waals surface area contributed by atoms with Crippen molar-refractivity contribution in [2.45, 2.75) is 22.8 Å². The van der Waals surface area contributed by atoms with Crippen molar-refractivity contribution < 1.29 is 9.21 Å². The van der Waals surface area contributed by atoms with E-state index in [4.69, 9.17) is 4.42 Å². The third kappa shape index (κ3) is 4.81. The van der Waals surface area contributed by atoms with Gasteiger partial charge in [0.15, 0.2) is 5.58 Å². The van der Waals surface area contributed by atoms with Gasteiger partial charge in [-0.2, -0.15) is 0 Å². The second kappa shape index (κ2) is 8.71. The number of para-hydroxylation sites is 2. The molecule has 1 N–H and O–H groups in total. The van der Waals surface area contributed by atoms with Gasteiger partial charge >= 0.3 is 5.76 Å². The zero-order valence-electron chi connectivity index (χ0n) is 15.3. The van der Waals surface area contributed by atoms with Gasteiger partial charge in [-0.15, -0.1) is 0 Å². The molecule has 0 saturated heterocycles. The van der Waals surface area contributed by atoms with Gasteiger partial charge < -0.3 is 9.73 Å². The predicted molar refractivity (Wildman–Crippen MR) is 118 cm³/mol. The molecular formula is C22H17BrN2O3S. The molecular weight excluding hydrogens is 452 g/mol. The molecule has 4 rings (SSSR count). The zero-order chi connectivity index (χ0) is 20.2. The van der Waals surface area contributed by atoms with Gasteiger partial charge in [0.05, 0.1) is 5.52 Å². The van der Waals surface area contributed by atoms with Crippen molar-refractivity contribution in [2.24, 2.45) is 0 Å². The minimum atomic E-state index is -0.451. The number of carbonyl (C=O) groups is 1. The topological polar surface area (TPSA) is 64.2 Å². The SMILES string of the molecule is O=C(CCn1c(=O)oc2ccccc21)Nc1ccc(Sc2ccc(Br)cc2)cc1. The normalized spacial score (nSPS) is 10.9. The van der Waals surface area contributed by atoms with Crippen LogP contribution in [0.15, 0.2) is 96.3 Å². The van der Waals surface area contributed by atoms with Crippen LogP contribution < -0.4 is 11.1 Å². The average molecular weight is 469 g/mol. The molecule has 0 atom stereocenters. The van der Waals surface area contributed by atoms with Crippen LogP contribution in [0.2, 0.25) is 0 Å². The van der Waals surface area contributed by atoms with Gasteiger partial charge in [-0.25, -0.2) is 4.79 Å². The molecule has 7 heteroatoms. The van der Waals surface area contributed by atoms with Crippen LogP contribution in [-0.2, 0) is 11.3 Å². The molecule has 146 valence electrons. The van der Waals surface area contributed by atoms with Crippen LogP contribution in [0.1, 0.15) is 6.42 Å². The van der Waals surface area contributed by atoms with Gasteiger partial charge in [-0.1, -0.05) is 39.8 Å². The van der Waals surface area contributed by atoms with Crippen LogP contribution in [0.25, 0.3) is 11.1 Å². The van der Waals surface area contributed by atoms with E-state index in [1.807, 2.05) is 54.6 Å². The highest BCUT2D eigenvalue weighted by molar-refractivity contribution is 9.10. The monoisotopic (exact) mass is 468 g/mol. The van der Waals surface area contributed by atoms with Crippen molar-refractivity contribution in [3.8, 4) is 0 Å². The van der Waals surface area contributed by atoms with Crippen LogP contribution in [0, 0.1) is 0 Å². The van der Waals surface area contributed by atoms with E-state index < -0.39 is 5.76 Å². The van der Waals surface area contributed by atoms with Gasteiger partial charge in [0, 0.05) is 32.9 Å². The number of halogens is 1. The maximum absolute atomic E-state index is 12.3. The Balaban J connectivity index is 1.35. The van der Waals surface area contributed by atoms with E-state index in [1.165, 1.54) is 4.57 Å². The summed E-state index contributed by atoms with van der Waals surface area (Å²) in [5.41, 5.74) is 1.94. The highest BCUT2D eigenvalue weighted by atomic mass is 79.9. The number of carbonyl (C=O) groups excluding carboxylic acids is 1. The van der Waals surface area contributed by atoms with E-state index in [-0.39, 0.29) is 18.9 Å². The average Bonchev–Trinajstić information content (AvgIpc) is 3.04. The summed E-state index contributed by atoms with van der Waals surface area (Å²) in [4.78, 5) is 26.5. The molecule has 3 aromatic carbocycles. The molecule has 0 aliphatic rings. The first kappa shape index (κ1) is 19.5. The summed E-state index contributed by atoms with van der Waals surface area (Å²) < 4.78 is 7.71. The van der Waals surface area contributed by atoms with Gasteiger partial charge in [0.2, 0.25) is 5.91 Å². The fourth-order valence-electron chi connectivity index (χ4n) is 2.91. The number of oxazole rings is 1. The van der Waals surface area contributed by atoms with Gasteiger partial charge in [-0.3, -0.25) is 9.36 Å². The lowest BCUT2D eigenvalue weighted by Crippen LogP contribution is -2.19. The number of hydrogen-bond acceptors (Lipinski definition) is 4. The first-order valence-corrected chi connectivity index (χ1v) is 10.6. The summed E-state index contributed by atoms with van der Waals surface area (Å²) in [7, 11) is 0. The number of hydrogen-bond donors (Lipinski definition) is 1. The Morgan fingerprint density at radius 3 is 2.34 bits per heavy atom. The summed E-state index contributed by atoms with van der Waals surface area (Å²) in [6.45, 7) is 0.263.